The molecule has 19 heavy (non-hydrogen) atoms. The molecule has 0 aromatic rings. The molecule has 4 nitrogen and oxygen atoms in total. The number of carbonyl (C=O) groups is 1. The Hall–Kier alpha value is -0.610. The third-order valence-corrected chi connectivity index (χ3v) is 3.99. The van der Waals surface area contributed by atoms with Crippen LogP contribution in [0, 0.1) is 17.8 Å². The maximum atomic E-state index is 12.0. The zero-order chi connectivity index (χ0) is 14.3. The highest BCUT2D eigenvalue weighted by Crippen LogP contribution is 2.22. The van der Waals surface area contributed by atoms with Crippen molar-refractivity contribution in [1.82, 2.24) is 10.6 Å². The smallest absolute Gasteiger partial charge is 0.220 e. The molecule has 1 aliphatic heterocycles. The van der Waals surface area contributed by atoms with Gasteiger partial charge in [0.05, 0.1) is 12.6 Å². The van der Waals surface area contributed by atoms with Gasteiger partial charge in [-0.3, -0.25) is 4.79 Å². The zero-order valence-electron chi connectivity index (χ0n) is 12.6. The van der Waals surface area contributed by atoms with Crippen LogP contribution in [-0.2, 0) is 4.79 Å². The van der Waals surface area contributed by atoms with Crippen molar-refractivity contribution < 1.29 is 9.90 Å². The van der Waals surface area contributed by atoms with Crippen LogP contribution in [0.15, 0.2) is 0 Å². The van der Waals surface area contributed by atoms with E-state index in [1.54, 1.807) is 0 Å². The second kappa shape index (κ2) is 8.54. The first-order chi connectivity index (χ1) is 9.02. The van der Waals surface area contributed by atoms with Gasteiger partial charge < -0.3 is 15.7 Å². The predicted octanol–water partition coefficient (Wildman–Crippen LogP) is 1.54. The van der Waals surface area contributed by atoms with Gasteiger partial charge in [0, 0.05) is 6.42 Å². The summed E-state index contributed by atoms with van der Waals surface area (Å²) >= 11 is 0. The standard InChI is InChI=1S/C15H30N2O2/c1-11(2)7-14(10-18)17-15(19)8-12(3)13-5-4-6-16-9-13/h11-14,16,18H,4-10H2,1-3H3,(H,17,19). The van der Waals surface area contributed by atoms with E-state index in [0.717, 1.165) is 19.5 Å². The average Bonchev–Trinajstić information content (AvgIpc) is 2.38. The fraction of sp³-hybridized carbons (Fsp3) is 0.933. The molecule has 0 aromatic heterocycles. The van der Waals surface area contributed by atoms with Crippen molar-refractivity contribution in [1.29, 1.82) is 0 Å². The van der Waals surface area contributed by atoms with Crippen molar-refractivity contribution in [2.24, 2.45) is 17.8 Å². The quantitative estimate of drug-likeness (QED) is 0.657. The van der Waals surface area contributed by atoms with Crippen molar-refractivity contribution in [3.8, 4) is 0 Å². The van der Waals surface area contributed by atoms with E-state index >= 15 is 0 Å². The van der Waals surface area contributed by atoms with Gasteiger partial charge in [0.2, 0.25) is 5.91 Å². The Labute approximate surface area is 117 Å². The van der Waals surface area contributed by atoms with Crippen LogP contribution in [0.1, 0.15) is 46.5 Å². The summed E-state index contributed by atoms with van der Waals surface area (Å²) in [4.78, 5) is 12.0. The molecular formula is C15H30N2O2. The van der Waals surface area contributed by atoms with Gasteiger partial charge in [-0.05, 0) is 50.1 Å². The number of aliphatic hydroxyl groups excluding tert-OH is 1. The molecule has 112 valence electrons. The van der Waals surface area contributed by atoms with E-state index in [-0.39, 0.29) is 18.6 Å². The van der Waals surface area contributed by atoms with Crippen LogP contribution in [0.4, 0.5) is 0 Å². The number of aliphatic hydroxyl groups is 1. The number of rotatable bonds is 7. The van der Waals surface area contributed by atoms with Crippen LogP contribution in [0.5, 0.6) is 0 Å². The molecule has 4 heteroatoms. The van der Waals surface area contributed by atoms with Crippen molar-refractivity contribution in [3.63, 3.8) is 0 Å². The summed E-state index contributed by atoms with van der Waals surface area (Å²) in [5.74, 6) is 1.58. The third kappa shape index (κ3) is 6.39. The normalized spacial score (nSPS) is 23.1. The maximum absolute atomic E-state index is 12.0. The summed E-state index contributed by atoms with van der Waals surface area (Å²) in [5.41, 5.74) is 0. The molecule has 1 fully saturated rings. The molecule has 3 unspecified atom stereocenters. The first kappa shape index (κ1) is 16.4. The molecule has 0 spiro atoms. The van der Waals surface area contributed by atoms with Gasteiger partial charge in [0.1, 0.15) is 0 Å². The minimum Gasteiger partial charge on any atom is -0.394 e. The van der Waals surface area contributed by atoms with Crippen molar-refractivity contribution in [2.45, 2.75) is 52.5 Å². The molecule has 1 amide bonds. The molecule has 1 aliphatic rings. The average molecular weight is 270 g/mol. The maximum Gasteiger partial charge on any atom is 0.220 e. The molecule has 0 aliphatic carbocycles. The van der Waals surface area contributed by atoms with Crippen molar-refractivity contribution >= 4 is 5.91 Å². The molecule has 1 rings (SSSR count). The molecule has 0 saturated carbocycles. The highest BCUT2D eigenvalue weighted by atomic mass is 16.3. The topological polar surface area (TPSA) is 61.4 Å². The van der Waals surface area contributed by atoms with Gasteiger partial charge in [0.15, 0.2) is 0 Å². The minimum absolute atomic E-state index is 0.0310. The van der Waals surface area contributed by atoms with Crippen LogP contribution in [0.2, 0.25) is 0 Å². The van der Waals surface area contributed by atoms with Crippen LogP contribution >= 0.6 is 0 Å². The first-order valence-corrected chi connectivity index (χ1v) is 7.63. The van der Waals surface area contributed by atoms with Crippen LogP contribution in [-0.4, -0.2) is 36.8 Å². The number of nitrogens with one attached hydrogen (secondary N) is 2. The van der Waals surface area contributed by atoms with E-state index in [2.05, 4.69) is 31.4 Å². The highest BCUT2D eigenvalue weighted by Gasteiger charge is 2.23. The SMILES string of the molecule is CC(C)CC(CO)NC(=O)CC(C)C1CCCNC1. The first-order valence-electron chi connectivity index (χ1n) is 7.63. The summed E-state index contributed by atoms with van der Waals surface area (Å²) in [6.07, 6.45) is 3.84. The number of hydrogen-bond donors (Lipinski definition) is 3. The van der Waals surface area contributed by atoms with Gasteiger partial charge in [0.25, 0.3) is 0 Å². The second-order valence-corrected chi connectivity index (χ2v) is 6.36. The van der Waals surface area contributed by atoms with Crippen LogP contribution in [0.25, 0.3) is 0 Å². The lowest BCUT2D eigenvalue weighted by Gasteiger charge is -2.28. The Morgan fingerprint density at radius 3 is 2.68 bits per heavy atom. The third-order valence-electron chi connectivity index (χ3n) is 3.99. The number of piperidine rings is 1. The summed E-state index contributed by atoms with van der Waals surface area (Å²) in [6, 6.07) is -0.0934. The fourth-order valence-corrected chi connectivity index (χ4v) is 2.86. The molecule has 1 saturated heterocycles. The molecule has 0 aromatic carbocycles. The molecule has 3 N–H and O–H groups in total. The molecular weight excluding hydrogens is 240 g/mol. The van der Waals surface area contributed by atoms with E-state index in [4.69, 9.17) is 0 Å². The minimum atomic E-state index is -0.0934. The Morgan fingerprint density at radius 1 is 1.42 bits per heavy atom. The van der Waals surface area contributed by atoms with Gasteiger partial charge in [-0.15, -0.1) is 0 Å². The van der Waals surface area contributed by atoms with Gasteiger partial charge >= 0.3 is 0 Å². The summed E-state index contributed by atoms with van der Waals surface area (Å²) < 4.78 is 0. The number of carbonyl (C=O) groups excluding carboxylic acids is 1. The Balaban J connectivity index is 2.32. The van der Waals surface area contributed by atoms with E-state index < -0.39 is 0 Å². The Bertz CT molecular complexity index is 263. The summed E-state index contributed by atoms with van der Waals surface area (Å²) in [7, 11) is 0. The van der Waals surface area contributed by atoms with E-state index in [1.807, 2.05) is 0 Å². The monoisotopic (exact) mass is 270 g/mol. The van der Waals surface area contributed by atoms with Gasteiger partial charge in [-0.2, -0.15) is 0 Å². The highest BCUT2D eigenvalue weighted by molar-refractivity contribution is 5.76. The second-order valence-electron chi connectivity index (χ2n) is 6.36. The molecule has 0 bridgehead atoms. The Kier molecular flexibility index (Phi) is 7.39. The zero-order valence-corrected chi connectivity index (χ0v) is 12.6. The largest absolute Gasteiger partial charge is 0.394 e. The van der Waals surface area contributed by atoms with Gasteiger partial charge in [-0.1, -0.05) is 20.8 Å². The fourth-order valence-electron chi connectivity index (χ4n) is 2.86. The molecule has 0 radical (unpaired) electrons. The van der Waals surface area contributed by atoms with Crippen LogP contribution in [0.3, 0.4) is 0 Å². The lowest BCUT2D eigenvalue weighted by Crippen LogP contribution is -2.40. The Morgan fingerprint density at radius 2 is 2.16 bits per heavy atom. The molecule has 1 heterocycles. The lowest BCUT2D eigenvalue weighted by atomic mass is 9.85. The van der Waals surface area contributed by atoms with E-state index in [0.29, 0.717) is 24.2 Å². The number of amides is 1. The molecule has 3 atom stereocenters. The van der Waals surface area contributed by atoms with Gasteiger partial charge in [-0.25, -0.2) is 0 Å². The summed E-state index contributed by atoms with van der Waals surface area (Å²) in [6.45, 7) is 8.54. The predicted molar refractivity (Wildman–Crippen MR) is 77.8 cm³/mol. The summed E-state index contributed by atoms with van der Waals surface area (Å²) in [5, 5.41) is 15.6. The van der Waals surface area contributed by atoms with E-state index in [1.165, 1.54) is 12.8 Å². The van der Waals surface area contributed by atoms with Crippen molar-refractivity contribution in [2.75, 3.05) is 19.7 Å². The lowest BCUT2D eigenvalue weighted by molar-refractivity contribution is -0.123. The van der Waals surface area contributed by atoms with E-state index in [9.17, 15) is 9.90 Å². The number of hydrogen-bond acceptors (Lipinski definition) is 3. The van der Waals surface area contributed by atoms with Crippen molar-refractivity contribution in [3.05, 3.63) is 0 Å². The van der Waals surface area contributed by atoms with Crippen LogP contribution < -0.4 is 10.6 Å².